The van der Waals surface area contributed by atoms with E-state index in [-0.39, 0.29) is 11.3 Å². The molecule has 3 aromatic rings. The molecule has 0 saturated heterocycles. The number of amides is 1. The molecule has 1 aliphatic heterocycles. The zero-order valence-corrected chi connectivity index (χ0v) is 19.9. The topological polar surface area (TPSA) is 70.2 Å². The maximum Gasteiger partial charge on any atom is 0.225 e. The maximum atomic E-state index is 12.4. The first-order valence-corrected chi connectivity index (χ1v) is 11.7. The van der Waals surface area contributed by atoms with Gasteiger partial charge >= 0.3 is 0 Å². The molecule has 1 aromatic heterocycles. The summed E-state index contributed by atoms with van der Waals surface area (Å²) in [5.74, 6) is 1.49. The van der Waals surface area contributed by atoms with Gasteiger partial charge in [0.2, 0.25) is 5.91 Å². The summed E-state index contributed by atoms with van der Waals surface area (Å²) < 4.78 is 5.80. The lowest BCUT2D eigenvalue weighted by Gasteiger charge is -2.26. The number of H-pyrrole nitrogens is 1. The summed E-state index contributed by atoms with van der Waals surface area (Å²) in [5.41, 5.74) is 4.93. The van der Waals surface area contributed by atoms with Gasteiger partial charge in [-0.25, -0.2) is 0 Å². The number of benzene rings is 2. The first-order chi connectivity index (χ1) is 15.9. The Labute approximate surface area is 196 Å². The van der Waals surface area contributed by atoms with Gasteiger partial charge in [-0.05, 0) is 41.5 Å². The van der Waals surface area contributed by atoms with Crippen molar-refractivity contribution in [3.05, 3.63) is 77.0 Å². The van der Waals surface area contributed by atoms with Gasteiger partial charge in [-0.15, -0.1) is 0 Å². The third kappa shape index (κ3) is 6.23. The molecule has 0 saturated carbocycles. The first-order valence-electron chi connectivity index (χ1n) is 11.7. The number of nitrogens with zero attached hydrogens (tertiary/aromatic N) is 2. The molecule has 2 heterocycles. The Bertz CT molecular complexity index is 1050. The molecular weight excluding hydrogens is 412 g/mol. The van der Waals surface area contributed by atoms with Crippen molar-refractivity contribution in [2.45, 2.75) is 58.5 Å². The molecule has 4 rings (SSSR count). The van der Waals surface area contributed by atoms with Gasteiger partial charge in [-0.3, -0.25) is 14.8 Å². The van der Waals surface area contributed by atoms with Crippen LogP contribution >= 0.6 is 0 Å². The van der Waals surface area contributed by atoms with Crippen LogP contribution in [0.1, 0.15) is 56.0 Å². The average molecular weight is 447 g/mol. The Morgan fingerprint density at radius 3 is 2.61 bits per heavy atom. The molecule has 174 valence electrons. The van der Waals surface area contributed by atoms with Crippen molar-refractivity contribution in [1.29, 1.82) is 0 Å². The second kappa shape index (κ2) is 10.2. The standard InChI is InChI=1S/C27H34N4O2/c1-27(2,3)21-11-13-22(14-12-21)33-17-7-10-25(32)28-26-23-15-16-31(19-24(23)29-30-26)18-20-8-5-4-6-9-20/h4-6,8-9,11-14H,7,10,15-19H2,1-3H3,(H2,28,29,30,32). The fourth-order valence-electron chi connectivity index (χ4n) is 4.12. The van der Waals surface area contributed by atoms with Crippen molar-refractivity contribution in [2.75, 3.05) is 18.5 Å². The number of hydrogen-bond acceptors (Lipinski definition) is 4. The minimum Gasteiger partial charge on any atom is -0.494 e. The Balaban J connectivity index is 1.21. The summed E-state index contributed by atoms with van der Waals surface area (Å²) in [5, 5.41) is 10.5. The summed E-state index contributed by atoms with van der Waals surface area (Å²) in [6.07, 6.45) is 1.94. The maximum absolute atomic E-state index is 12.4. The predicted octanol–water partition coefficient (Wildman–Crippen LogP) is 5.06. The van der Waals surface area contributed by atoms with E-state index in [0.29, 0.717) is 25.3 Å². The van der Waals surface area contributed by atoms with Gasteiger partial charge in [-0.2, -0.15) is 5.10 Å². The molecule has 2 aromatic carbocycles. The van der Waals surface area contributed by atoms with Crippen molar-refractivity contribution in [2.24, 2.45) is 0 Å². The number of rotatable bonds is 8. The number of hydrogen-bond donors (Lipinski definition) is 2. The monoisotopic (exact) mass is 446 g/mol. The van der Waals surface area contributed by atoms with Crippen molar-refractivity contribution in [3.63, 3.8) is 0 Å². The van der Waals surface area contributed by atoms with Crippen molar-refractivity contribution >= 4 is 11.7 Å². The van der Waals surface area contributed by atoms with Gasteiger partial charge in [0.25, 0.3) is 0 Å². The first kappa shape index (κ1) is 23.1. The smallest absolute Gasteiger partial charge is 0.225 e. The van der Waals surface area contributed by atoms with E-state index in [0.717, 1.165) is 43.1 Å². The molecule has 1 aliphatic rings. The van der Waals surface area contributed by atoms with Gasteiger partial charge in [-0.1, -0.05) is 63.2 Å². The van der Waals surface area contributed by atoms with Crippen molar-refractivity contribution in [3.8, 4) is 5.75 Å². The van der Waals surface area contributed by atoms with E-state index in [4.69, 9.17) is 4.74 Å². The molecule has 0 spiro atoms. The zero-order chi connectivity index (χ0) is 23.3. The van der Waals surface area contributed by atoms with Crippen LogP contribution in [0.5, 0.6) is 5.75 Å². The van der Waals surface area contributed by atoms with Gasteiger partial charge < -0.3 is 10.1 Å². The zero-order valence-electron chi connectivity index (χ0n) is 19.9. The number of aromatic nitrogens is 2. The van der Waals surface area contributed by atoms with E-state index < -0.39 is 0 Å². The number of aromatic amines is 1. The molecule has 0 aliphatic carbocycles. The number of ether oxygens (including phenoxy) is 1. The fraction of sp³-hybridized carbons (Fsp3) is 0.407. The highest BCUT2D eigenvalue weighted by Crippen LogP contribution is 2.26. The molecule has 2 N–H and O–H groups in total. The molecule has 33 heavy (non-hydrogen) atoms. The summed E-state index contributed by atoms with van der Waals surface area (Å²) in [7, 11) is 0. The fourth-order valence-corrected chi connectivity index (χ4v) is 4.12. The number of anilines is 1. The Morgan fingerprint density at radius 1 is 1.12 bits per heavy atom. The van der Waals surface area contributed by atoms with E-state index >= 15 is 0 Å². The third-order valence-electron chi connectivity index (χ3n) is 6.06. The van der Waals surface area contributed by atoms with Crippen molar-refractivity contribution < 1.29 is 9.53 Å². The van der Waals surface area contributed by atoms with E-state index in [1.54, 1.807) is 0 Å². The van der Waals surface area contributed by atoms with Crippen LogP contribution in [0, 0.1) is 0 Å². The van der Waals surface area contributed by atoms with Gasteiger partial charge in [0.15, 0.2) is 5.82 Å². The number of fused-ring (bicyclic) bond motifs is 1. The molecule has 1 amide bonds. The minimum atomic E-state index is -0.0253. The third-order valence-corrected chi connectivity index (χ3v) is 6.06. The van der Waals surface area contributed by atoms with Crippen LogP contribution in [0.2, 0.25) is 0 Å². The summed E-state index contributed by atoms with van der Waals surface area (Å²) >= 11 is 0. The largest absolute Gasteiger partial charge is 0.494 e. The second-order valence-electron chi connectivity index (χ2n) is 9.75. The lowest BCUT2D eigenvalue weighted by molar-refractivity contribution is -0.116. The molecule has 0 bridgehead atoms. The van der Waals surface area contributed by atoms with Crippen LogP contribution in [0.3, 0.4) is 0 Å². The lowest BCUT2D eigenvalue weighted by Crippen LogP contribution is -2.30. The summed E-state index contributed by atoms with van der Waals surface area (Å²) in [6, 6.07) is 18.7. The van der Waals surface area contributed by atoms with Crippen LogP contribution < -0.4 is 10.1 Å². The average Bonchev–Trinajstić information content (AvgIpc) is 3.19. The van der Waals surface area contributed by atoms with Crippen molar-refractivity contribution in [1.82, 2.24) is 15.1 Å². The van der Waals surface area contributed by atoms with E-state index in [9.17, 15) is 4.79 Å². The number of nitrogens with one attached hydrogen (secondary N) is 2. The Morgan fingerprint density at radius 2 is 1.88 bits per heavy atom. The summed E-state index contributed by atoms with van der Waals surface area (Å²) in [6.45, 7) is 9.77. The SMILES string of the molecule is CC(C)(C)c1ccc(OCCCC(=O)Nc2n[nH]c3c2CCN(Cc2ccccc2)C3)cc1. The molecule has 0 fully saturated rings. The van der Waals surface area contributed by atoms with Gasteiger partial charge in [0, 0.05) is 31.6 Å². The number of carbonyl (C=O) groups is 1. The molecule has 6 nitrogen and oxygen atoms in total. The van der Waals surface area contributed by atoms with Crippen LogP contribution in [0.4, 0.5) is 5.82 Å². The molecule has 0 atom stereocenters. The van der Waals surface area contributed by atoms with Gasteiger partial charge in [0.1, 0.15) is 5.75 Å². The van der Waals surface area contributed by atoms with E-state index in [2.05, 4.69) is 77.6 Å². The molecular formula is C27H34N4O2. The van der Waals surface area contributed by atoms with Crippen LogP contribution in [-0.4, -0.2) is 34.2 Å². The summed E-state index contributed by atoms with van der Waals surface area (Å²) in [4.78, 5) is 14.8. The quantitative estimate of drug-likeness (QED) is 0.474. The lowest BCUT2D eigenvalue weighted by atomic mass is 9.87. The van der Waals surface area contributed by atoms with E-state index in [1.165, 1.54) is 11.1 Å². The molecule has 6 heteroatoms. The van der Waals surface area contributed by atoms with E-state index in [1.807, 2.05) is 18.2 Å². The van der Waals surface area contributed by atoms with Crippen LogP contribution in [0.25, 0.3) is 0 Å². The predicted molar refractivity (Wildman–Crippen MR) is 131 cm³/mol. The minimum absolute atomic E-state index is 0.0253. The van der Waals surface area contributed by atoms with Crippen LogP contribution in [0.15, 0.2) is 54.6 Å². The normalized spacial score (nSPS) is 14.0. The van der Waals surface area contributed by atoms with Gasteiger partial charge in [0.05, 0.1) is 12.3 Å². The Hall–Kier alpha value is -3.12. The highest BCUT2D eigenvalue weighted by atomic mass is 16.5. The molecule has 0 unspecified atom stereocenters. The van der Waals surface area contributed by atoms with Crippen LogP contribution in [-0.2, 0) is 29.7 Å². The molecule has 0 radical (unpaired) electrons. The Kier molecular flexibility index (Phi) is 7.14. The highest BCUT2D eigenvalue weighted by molar-refractivity contribution is 5.90. The number of carbonyl (C=O) groups excluding carboxylic acids is 1. The highest BCUT2D eigenvalue weighted by Gasteiger charge is 2.22. The second-order valence-corrected chi connectivity index (χ2v) is 9.75.